The second-order valence-electron chi connectivity index (χ2n) is 4.18. The molecule has 2 aromatic rings. The molecular weight excluding hydrogens is 214 g/mol. The van der Waals surface area contributed by atoms with Crippen LogP contribution in [0.25, 0.3) is 11.0 Å². The Labute approximate surface area is 102 Å². The average molecular weight is 233 g/mol. The van der Waals surface area contributed by atoms with Crippen LogP contribution in [-0.2, 0) is 11.5 Å². The minimum absolute atomic E-state index is 0.493. The molecule has 0 saturated heterocycles. The predicted octanol–water partition coefficient (Wildman–Crippen LogP) is 2.99. The monoisotopic (exact) mass is 233 g/mol. The quantitative estimate of drug-likeness (QED) is 0.690. The second kappa shape index (κ2) is 6.35. The van der Waals surface area contributed by atoms with Crippen molar-refractivity contribution in [3.8, 4) is 0 Å². The van der Waals surface area contributed by atoms with Crippen LogP contribution < -0.4 is 0 Å². The Morgan fingerprint density at radius 2 is 2.06 bits per heavy atom. The molecule has 2 rings (SSSR count). The van der Waals surface area contributed by atoms with Gasteiger partial charge in [0.05, 0.1) is 5.52 Å². The van der Waals surface area contributed by atoms with Gasteiger partial charge in [-0.3, -0.25) is 0 Å². The van der Waals surface area contributed by atoms with Crippen LogP contribution in [-0.4, -0.2) is 21.6 Å². The molecule has 0 N–H and O–H groups in total. The molecule has 17 heavy (non-hydrogen) atoms. The van der Waals surface area contributed by atoms with E-state index in [4.69, 9.17) is 4.74 Å². The van der Waals surface area contributed by atoms with E-state index in [2.05, 4.69) is 17.2 Å². The third-order valence-corrected chi connectivity index (χ3v) is 2.78. The summed E-state index contributed by atoms with van der Waals surface area (Å²) in [5.74, 6) is 0. The first kappa shape index (κ1) is 12.0. The van der Waals surface area contributed by atoms with E-state index >= 15 is 0 Å². The van der Waals surface area contributed by atoms with Gasteiger partial charge in [-0.25, -0.2) is 4.68 Å². The molecule has 0 saturated carbocycles. The molecule has 0 atom stereocenters. The van der Waals surface area contributed by atoms with Gasteiger partial charge in [0, 0.05) is 6.61 Å². The lowest BCUT2D eigenvalue weighted by atomic mass is 10.2. The van der Waals surface area contributed by atoms with Gasteiger partial charge < -0.3 is 4.74 Å². The van der Waals surface area contributed by atoms with Gasteiger partial charge in [-0.15, -0.1) is 5.10 Å². The van der Waals surface area contributed by atoms with E-state index in [1.54, 1.807) is 4.68 Å². The molecule has 0 aliphatic rings. The minimum atomic E-state index is 0.493. The van der Waals surface area contributed by atoms with Crippen molar-refractivity contribution in [3.63, 3.8) is 0 Å². The van der Waals surface area contributed by atoms with Crippen molar-refractivity contribution in [1.29, 1.82) is 0 Å². The van der Waals surface area contributed by atoms with E-state index in [1.165, 1.54) is 19.3 Å². The molecule has 0 radical (unpaired) electrons. The Morgan fingerprint density at radius 1 is 1.18 bits per heavy atom. The lowest BCUT2D eigenvalue weighted by Crippen LogP contribution is -2.05. The standard InChI is InChI=1S/C13H19N3O/c1-2-3-4-7-10-17-11-16-13-9-6-5-8-12(13)14-15-16/h5-6,8-9H,2-4,7,10-11H2,1H3. The third kappa shape index (κ3) is 3.27. The molecule has 1 aromatic carbocycles. The van der Waals surface area contributed by atoms with E-state index in [0.717, 1.165) is 24.1 Å². The lowest BCUT2D eigenvalue weighted by Gasteiger charge is -2.04. The number of fused-ring (bicyclic) bond motifs is 1. The fraction of sp³-hybridized carbons (Fsp3) is 0.538. The molecule has 4 heteroatoms. The van der Waals surface area contributed by atoms with Crippen LogP contribution in [0.4, 0.5) is 0 Å². The second-order valence-corrected chi connectivity index (χ2v) is 4.18. The molecule has 0 fully saturated rings. The van der Waals surface area contributed by atoms with Crippen molar-refractivity contribution < 1.29 is 4.74 Å². The lowest BCUT2D eigenvalue weighted by molar-refractivity contribution is 0.0675. The van der Waals surface area contributed by atoms with E-state index in [1.807, 2.05) is 24.3 Å². The van der Waals surface area contributed by atoms with Crippen molar-refractivity contribution in [2.24, 2.45) is 0 Å². The van der Waals surface area contributed by atoms with Crippen LogP contribution in [0.3, 0.4) is 0 Å². The Bertz CT molecular complexity index is 453. The summed E-state index contributed by atoms with van der Waals surface area (Å²) >= 11 is 0. The van der Waals surface area contributed by atoms with E-state index < -0.39 is 0 Å². The van der Waals surface area contributed by atoms with Gasteiger partial charge in [-0.2, -0.15) is 0 Å². The summed E-state index contributed by atoms with van der Waals surface area (Å²) in [7, 11) is 0. The smallest absolute Gasteiger partial charge is 0.141 e. The number of unbranched alkanes of at least 4 members (excludes halogenated alkanes) is 3. The highest BCUT2D eigenvalue weighted by molar-refractivity contribution is 5.73. The van der Waals surface area contributed by atoms with Gasteiger partial charge in [0.15, 0.2) is 0 Å². The largest absolute Gasteiger partial charge is 0.359 e. The zero-order chi connectivity index (χ0) is 11.9. The number of benzene rings is 1. The van der Waals surface area contributed by atoms with Crippen LogP contribution in [0, 0.1) is 0 Å². The summed E-state index contributed by atoms with van der Waals surface area (Å²) in [6.07, 6.45) is 4.92. The van der Waals surface area contributed by atoms with Crippen molar-refractivity contribution in [1.82, 2.24) is 15.0 Å². The van der Waals surface area contributed by atoms with Crippen molar-refractivity contribution >= 4 is 11.0 Å². The van der Waals surface area contributed by atoms with Crippen LogP contribution in [0.5, 0.6) is 0 Å². The van der Waals surface area contributed by atoms with Crippen LogP contribution in [0.15, 0.2) is 24.3 Å². The number of ether oxygens (including phenoxy) is 1. The Kier molecular flexibility index (Phi) is 4.50. The Hall–Kier alpha value is -1.42. The molecular formula is C13H19N3O. The van der Waals surface area contributed by atoms with Crippen LogP contribution >= 0.6 is 0 Å². The van der Waals surface area contributed by atoms with Crippen molar-refractivity contribution in [3.05, 3.63) is 24.3 Å². The third-order valence-electron chi connectivity index (χ3n) is 2.78. The zero-order valence-electron chi connectivity index (χ0n) is 10.3. The van der Waals surface area contributed by atoms with Gasteiger partial charge in [0.2, 0.25) is 0 Å². The summed E-state index contributed by atoms with van der Waals surface area (Å²) in [4.78, 5) is 0. The predicted molar refractivity (Wildman–Crippen MR) is 67.6 cm³/mol. The highest BCUT2D eigenvalue weighted by atomic mass is 16.5. The van der Waals surface area contributed by atoms with Crippen molar-refractivity contribution in [2.75, 3.05) is 6.61 Å². The molecule has 0 spiro atoms. The molecule has 0 amide bonds. The first-order chi connectivity index (χ1) is 8.42. The maximum absolute atomic E-state index is 5.59. The summed E-state index contributed by atoms with van der Waals surface area (Å²) in [5.41, 5.74) is 1.95. The summed E-state index contributed by atoms with van der Waals surface area (Å²) in [5, 5.41) is 8.15. The summed E-state index contributed by atoms with van der Waals surface area (Å²) in [6.45, 7) is 3.50. The molecule has 92 valence electrons. The van der Waals surface area contributed by atoms with E-state index in [0.29, 0.717) is 6.73 Å². The van der Waals surface area contributed by atoms with Gasteiger partial charge >= 0.3 is 0 Å². The zero-order valence-corrected chi connectivity index (χ0v) is 10.3. The SMILES string of the molecule is CCCCCCOCn1nnc2ccccc21. The van der Waals surface area contributed by atoms with Gasteiger partial charge in [-0.05, 0) is 18.6 Å². The normalized spacial score (nSPS) is 11.1. The van der Waals surface area contributed by atoms with Gasteiger partial charge in [-0.1, -0.05) is 43.5 Å². The first-order valence-electron chi connectivity index (χ1n) is 6.28. The van der Waals surface area contributed by atoms with Crippen LogP contribution in [0.2, 0.25) is 0 Å². The van der Waals surface area contributed by atoms with Crippen LogP contribution in [0.1, 0.15) is 32.6 Å². The van der Waals surface area contributed by atoms with E-state index in [-0.39, 0.29) is 0 Å². The Morgan fingerprint density at radius 3 is 2.94 bits per heavy atom. The molecule has 0 unspecified atom stereocenters. The first-order valence-corrected chi connectivity index (χ1v) is 6.28. The highest BCUT2D eigenvalue weighted by Gasteiger charge is 2.02. The number of para-hydroxylation sites is 1. The molecule has 0 aliphatic carbocycles. The van der Waals surface area contributed by atoms with Crippen molar-refractivity contribution in [2.45, 2.75) is 39.3 Å². The molecule has 1 heterocycles. The van der Waals surface area contributed by atoms with Gasteiger partial charge in [0.1, 0.15) is 12.2 Å². The summed E-state index contributed by atoms with van der Waals surface area (Å²) in [6, 6.07) is 7.92. The summed E-state index contributed by atoms with van der Waals surface area (Å²) < 4.78 is 7.39. The molecule has 0 bridgehead atoms. The number of hydrogen-bond donors (Lipinski definition) is 0. The number of nitrogens with zero attached hydrogens (tertiary/aromatic N) is 3. The fourth-order valence-corrected chi connectivity index (χ4v) is 1.79. The average Bonchev–Trinajstić information content (AvgIpc) is 2.77. The maximum Gasteiger partial charge on any atom is 0.141 e. The Balaban J connectivity index is 1.79. The fourth-order valence-electron chi connectivity index (χ4n) is 1.79. The number of aromatic nitrogens is 3. The molecule has 1 aromatic heterocycles. The molecule has 0 aliphatic heterocycles. The molecule has 4 nitrogen and oxygen atoms in total. The topological polar surface area (TPSA) is 39.9 Å². The number of rotatable bonds is 7. The highest BCUT2D eigenvalue weighted by Crippen LogP contribution is 2.09. The van der Waals surface area contributed by atoms with Gasteiger partial charge in [0.25, 0.3) is 0 Å². The maximum atomic E-state index is 5.59. The number of hydrogen-bond acceptors (Lipinski definition) is 3. The minimum Gasteiger partial charge on any atom is -0.359 e. The van der Waals surface area contributed by atoms with E-state index in [9.17, 15) is 0 Å².